The van der Waals surface area contributed by atoms with Crippen molar-refractivity contribution >= 4 is 33.1 Å². The van der Waals surface area contributed by atoms with Gasteiger partial charge in [-0.05, 0) is 42.5 Å². The summed E-state index contributed by atoms with van der Waals surface area (Å²) in [5.41, 5.74) is 1.42. The third-order valence-corrected chi connectivity index (χ3v) is 4.47. The first-order valence-electron chi connectivity index (χ1n) is 7.72. The zero-order valence-electron chi connectivity index (χ0n) is 14.5. The summed E-state index contributed by atoms with van der Waals surface area (Å²) in [5.74, 6) is -0.399. The second-order valence-corrected chi connectivity index (χ2v) is 6.82. The summed E-state index contributed by atoms with van der Waals surface area (Å²) >= 11 is 0. The van der Waals surface area contributed by atoms with Crippen LogP contribution in [0.4, 0.5) is 17.1 Å². The van der Waals surface area contributed by atoms with Crippen LogP contribution in [0.3, 0.4) is 0 Å². The van der Waals surface area contributed by atoms with E-state index in [-0.39, 0.29) is 40.9 Å². The van der Waals surface area contributed by atoms with Crippen LogP contribution in [0.25, 0.3) is 0 Å². The minimum absolute atomic E-state index is 0. The van der Waals surface area contributed by atoms with Crippen LogP contribution in [0, 0.1) is 0 Å². The fraction of sp³-hybridized carbons (Fsp3) is 0. The van der Waals surface area contributed by atoms with Crippen LogP contribution < -0.4 is 40.2 Å². The largest absolute Gasteiger partial charge is 1.00 e. The van der Waals surface area contributed by atoms with Crippen LogP contribution in [0.5, 0.6) is 0 Å². The smallest absolute Gasteiger partial charge is 0.744 e. The predicted molar refractivity (Wildman–Crippen MR) is 98.5 cm³/mol. The number of hydrogen-bond acceptors (Lipinski definition) is 5. The second kappa shape index (κ2) is 9.16. The summed E-state index contributed by atoms with van der Waals surface area (Å²) < 4.78 is 34.9. The molecule has 0 unspecified atom stereocenters. The summed E-state index contributed by atoms with van der Waals surface area (Å²) in [5, 5.41) is 5.49. The van der Waals surface area contributed by atoms with Crippen molar-refractivity contribution in [3.63, 3.8) is 0 Å². The number of benzene rings is 3. The van der Waals surface area contributed by atoms with E-state index < -0.39 is 20.9 Å². The first-order chi connectivity index (χ1) is 12.4. The second-order valence-electron chi connectivity index (χ2n) is 5.48. The van der Waals surface area contributed by atoms with Gasteiger partial charge in [0.1, 0.15) is 10.1 Å². The number of anilines is 3. The standard InChI is InChI=1S/C19H16N2O4S.Na/c22-19(14-7-3-1-4-8-14)21-16-11-12-17(18(13-16)26(23,24)25)20-15-9-5-2-6-10-15;/h1-13,20H,(H,21,22)(H,23,24,25);/q;+1/p-1. The molecule has 0 aromatic heterocycles. The van der Waals surface area contributed by atoms with Gasteiger partial charge in [0.15, 0.2) is 0 Å². The molecule has 0 spiro atoms. The molecule has 132 valence electrons. The Kier molecular flexibility index (Phi) is 7.18. The molecule has 3 aromatic carbocycles. The number of para-hydroxylation sites is 1. The van der Waals surface area contributed by atoms with E-state index in [0.717, 1.165) is 6.07 Å². The molecular weight excluding hydrogens is 375 g/mol. The van der Waals surface area contributed by atoms with E-state index >= 15 is 0 Å². The van der Waals surface area contributed by atoms with Gasteiger partial charge in [0, 0.05) is 16.9 Å². The molecule has 0 aliphatic rings. The number of hydrogen-bond donors (Lipinski definition) is 2. The molecule has 0 atom stereocenters. The minimum atomic E-state index is -4.74. The summed E-state index contributed by atoms with van der Waals surface area (Å²) in [6.07, 6.45) is 0. The maximum atomic E-state index is 12.2. The average molecular weight is 390 g/mol. The molecule has 0 bridgehead atoms. The van der Waals surface area contributed by atoms with Crippen LogP contribution in [0.15, 0.2) is 83.8 Å². The molecule has 8 heteroatoms. The fourth-order valence-corrected chi connectivity index (χ4v) is 3.04. The Balaban J connectivity index is 0.00000261. The molecule has 0 fully saturated rings. The van der Waals surface area contributed by atoms with E-state index in [9.17, 15) is 17.8 Å². The van der Waals surface area contributed by atoms with Gasteiger partial charge in [0.25, 0.3) is 5.91 Å². The third-order valence-electron chi connectivity index (χ3n) is 3.60. The van der Waals surface area contributed by atoms with Gasteiger partial charge in [0.05, 0.1) is 10.6 Å². The first-order valence-corrected chi connectivity index (χ1v) is 9.13. The molecule has 3 rings (SSSR count). The predicted octanol–water partition coefficient (Wildman–Crippen LogP) is 0.591. The number of rotatable bonds is 5. The van der Waals surface area contributed by atoms with Crippen LogP contribution in [-0.4, -0.2) is 18.9 Å². The molecule has 0 radical (unpaired) electrons. The monoisotopic (exact) mass is 390 g/mol. The molecule has 3 aromatic rings. The minimum Gasteiger partial charge on any atom is -0.744 e. The Bertz CT molecular complexity index is 1030. The van der Waals surface area contributed by atoms with Gasteiger partial charge in [-0.1, -0.05) is 36.4 Å². The van der Waals surface area contributed by atoms with Gasteiger partial charge < -0.3 is 15.2 Å². The SMILES string of the molecule is O=C(Nc1ccc(Nc2ccccc2)c(S(=O)(=O)[O-])c1)c1ccccc1.[Na+]. The zero-order valence-corrected chi connectivity index (χ0v) is 17.4. The summed E-state index contributed by atoms with van der Waals surface area (Å²) in [6.45, 7) is 0. The normalized spacial score (nSPS) is 10.6. The molecule has 0 saturated heterocycles. The van der Waals surface area contributed by atoms with E-state index in [0.29, 0.717) is 11.3 Å². The third kappa shape index (κ3) is 5.66. The van der Waals surface area contributed by atoms with Gasteiger partial charge in [-0.3, -0.25) is 4.79 Å². The maximum Gasteiger partial charge on any atom is 1.00 e. The van der Waals surface area contributed by atoms with Gasteiger partial charge >= 0.3 is 29.6 Å². The van der Waals surface area contributed by atoms with Gasteiger partial charge in [-0.25, -0.2) is 8.42 Å². The van der Waals surface area contributed by atoms with Crippen molar-refractivity contribution in [2.24, 2.45) is 0 Å². The Morgan fingerprint density at radius 3 is 2.00 bits per heavy atom. The quantitative estimate of drug-likeness (QED) is 0.491. The molecule has 0 heterocycles. The maximum absolute atomic E-state index is 12.2. The molecule has 0 saturated carbocycles. The summed E-state index contributed by atoms with van der Waals surface area (Å²) in [4.78, 5) is 11.8. The Morgan fingerprint density at radius 2 is 1.41 bits per heavy atom. The van der Waals surface area contributed by atoms with E-state index in [4.69, 9.17) is 0 Å². The van der Waals surface area contributed by atoms with E-state index in [2.05, 4.69) is 10.6 Å². The van der Waals surface area contributed by atoms with Crippen molar-refractivity contribution in [3.05, 3.63) is 84.4 Å². The zero-order chi connectivity index (χ0) is 18.6. The summed E-state index contributed by atoms with van der Waals surface area (Å²) in [7, 11) is -4.74. The molecule has 0 aliphatic carbocycles. The molecule has 27 heavy (non-hydrogen) atoms. The average Bonchev–Trinajstić information content (AvgIpc) is 2.63. The van der Waals surface area contributed by atoms with Crippen molar-refractivity contribution in [2.45, 2.75) is 4.90 Å². The van der Waals surface area contributed by atoms with Crippen molar-refractivity contribution < 1.29 is 47.3 Å². The van der Waals surface area contributed by atoms with Crippen LogP contribution in [-0.2, 0) is 10.1 Å². The van der Waals surface area contributed by atoms with E-state index in [1.807, 2.05) is 6.07 Å². The van der Waals surface area contributed by atoms with Gasteiger partial charge in [-0.15, -0.1) is 0 Å². The Morgan fingerprint density at radius 1 is 0.815 bits per heavy atom. The molecule has 1 amide bonds. The number of nitrogens with one attached hydrogen (secondary N) is 2. The Hall–Kier alpha value is -2.16. The number of carbonyl (C=O) groups excluding carboxylic acids is 1. The van der Waals surface area contributed by atoms with Crippen molar-refractivity contribution in [3.8, 4) is 0 Å². The molecule has 6 nitrogen and oxygen atoms in total. The Labute approximate surface area is 179 Å². The molecular formula is C19H15N2NaO4S. The van der Waals surface area contributed by atoms with Crippen LogP contribution in [0.1, 0.15) is 10.4 Å². The van der Waals surface area contributed by atoms with Crippen LogP contribution in [0.2, 0.25) is 0 Å². The van der Waals surface area contributed by atoms with E-state index in [1.165, 1.54) is 12.1 Å². The van der Waals surface area contributed by atoms with Crippen molar-refractivity contribution in [1.29, 1.82) is 0 Å². The molecule has 2 N–H and O–H groups in total. The number of amides is 1. The van der Waals surface area contributed by atoms with E-state index in [1.54, 1.807) is 54.6 Å². The topological polar surface area (TPSA) is 98.3 Å². The van der Waals surface area contributed by atoms with Gasteiger partial charge in [0.2, 0.25) is 0 Å². The first kappa shape index (κ1) is 21.1. The molecule has 0 aliphatic heterocycles. The van der Waals surface area contributed by atoms with Gasteiger partial charge in [-0.2, -0.15) is 0 Å². The summed E-state index contributed by atoms with van der Waals surface area (Å²) in [6, 6.07) is 21.5. The fourth-order valence-electron chi connectivity index (χ4n) is 2.38. The van der Waals surface area contributed by atoms with Crippen molar-refractivity contribution in [2.75, 3.05) is 10.6 Å². The number of carbonyl (C=O) groups is 1. The van der Waals surface area contributed by atoms with Crippen molar-refractivity contribution in [1.82, 2.24) is 0 Å². The van der Waals surface area contributed by atoms with Crippen LogP contribution >= 0.6 is 0 Å².